The molecule has 0 bridgehead atoms. The van der Waals surface area contributed by atoms with Crippen LogP contribution in [0.15, 0.2) is 0 Å². The number of aryl methyl sites for hydroxylation is 2. The van der Waals surface area contributed by atoms with Crippen molar-refractivity contribution in [3.63, 3.8) is 0 Å². The highest BCUT2D eigenvalue weighted by Crippen LogP contribution is 2.44. The molecule has 0 radical (unpaired) electrons. The van der Waals surface area contributed by atoms with Gasteiger partial charge in [0.05, 0.1) is 22.4 Å². The van der Waals surface area contributed by atoms with Crippen LogP contribution in [-0.4, -0.2) is 66.1 Å². The Balaban J connectivity index is 1.79. The lowest BCUT2D eigenvalue weighted by Crippen LogP contribution is -2.41. The minimum atomic E-state index is -3.36. The van der Waals surface area contributed by atoms with E-state index in [1.165, 1.54) is 4.31 Å². The zero-order chi connectivity index (χ0) is 17.0. The Hall–Kier alpha value is -1.03. The lowest BCUT2D eigenvalue weighted by Gasteiger charge is -2.24. The number of hydrogen-bond donors (Lipinski definition) is 1. The summed E-state index contributed by atoms with van der Waals surface area (Å²) < 4.78 is 24.8. The van der Waals surface area contributed by atoms with E-state index in [-0.39, 0.29) is 19.0 Å². The van der Waals surface area contributed by atoms with Gasteiger partial charge in [0, 0.05) is 43.5 Å². The number of aromatic nitrogens is 1. The highest BCUT2D eigenvalue weighted by Gasteiger charge is 2.59. The number of thiazole rings is 1. The topological polar surface area (TPSA) is 90.8 Å². The number of hydrogen-bond acceptors (Lipinski definition) is 6. The Morgan fingerprint density at radius 3 is 2.57 bits per heavy atom. The van der Waals surface area contributed by atoms with Gasteiger partial charge in [-0.15, -0.1) is 11.3 Å². The molecule has 1 N–H and O–H groups in total. The first kappa shape index (κ1) is 16.8. The van der Waals surface area contributed by atoms with Gasteiger partial charge < -0.3 is 5.11 Å². The van der Waals surface area contributed by atoms with Crippen molar-refractivity contribution < 1.29 is 18.3 Å². The van der Waals surface area contributed by atoms with Crippen molar-refractivity contribution in [2.45, 2.75) is 20.4 Å². The van der Waals surface area contributed by atoms with E-state index >= 15 is 0 Å². The number of likely N-dealkylation sites (tertiary alicyclic amines) is 1. The third-order valence-corrected chi connectivity index (χ3v) is 7.06. The first-order valence-electron chi connectivity index (χ1n) is 7.45. The van der Waals surface area contributed by atoms with Crippen LogP contribution in [0.3, 0.4) is 0 Å². The maximum absolute atomic E-state index is 11.9. The summed E-state index contributed by atoms with van der Waals surface area (Å²) in [5, 5.41) is 10.7. The van der Waals surface area contributed by atoms with Crippen LogP contribution in [-0.2, 0) is 21.4 Å². The predicted octanol–water partition coefficient (Wildman–Crippen LogP) is 0.538. The average Bonchev–Trinajstić information content (AvgIpc) is 3.00. The number of carboxylic acids is 1. The Morgan fingerprint density at radius 2 is 2.09 bits per heavy atom. The number of fused-ring (bicyclic) bond motifs is 1. The molecule has 2 atom stereocenters. The van der Waals surface area contributed by atoms with Crippen LogP contribution in [0.1, 0.15) is 15.6 Å². The molecule has 2 aliphatic heterocycles. The zero-order valence-electron chi connectivity index (χ0n) is 13.4. The maximum atomic E-state index is 11.9. The minimum Gasteiger partial charge on any atom is -0.481 e. The first-order chi connectivity index (χ1) is 10.6. The molecule has 0 amide bonds. The van der Waals surface area contributed by atoms with Crippen molar-refractivity contribution in [1.82, 2.24) is 14.2 Å². The van der Waals surface area contributed by atoms with Crippen molar-refractivity contribution in [2.75, 3.05) is 32.4 Å². The molecule has 0 aromatic carbocycles. The van der Waals surface area contributed by atoms with E-state index in [1.807, 2.05) is 13.8 Å². The summed E-state index contributed by atoms with van der Waals surface area (Å²) in [4.78, 5) is 19.6. The number of sulfonamides is 1. The molecule has 1 aromatic heterocycles. The fourth-order valence-electron chi connectivity index (χ4n) is 3.73. The number of carboxylic acid groups (broad SMARTS) is 1. The third kappa shape index (κ3) is 2.90. The van der Waals surface area contributed by atoms with Crippen LogP contribution in [0.2, 0.25) is 0 Å². The predicted molar refractivity (Wildman–Crippen MR) is 86.8 cm³/mol. The molecule has 3 heterocycles. The summed E-state index contributed by atoms with van der Waals surface area (Å²) in [6.45, 7) is 5.93. The minimum absolute atomic E-state index is 0.0669. The largest absolute Gasteiger partial charge is 0.481 e. The average molecular weight is 359 g/mol. The monoisotopic (exact) mass is 359 g/mol. The smallest absolute Gasteiger partial charge is 0.312 e. The van der Waals surface area contributed by atoms with Gasteiger partial charge in [-0.05, 0) is 13.8 Å². The van der Waals surface area contributed by atoms with Gasteiger partial charge in [0.25, 0.3) is 0 Å². The zero-order valence-corrected chi connectivity index (χ0v) is 15.1. The number of carbonyl (C=O) groups is 1. The van der Waals surface area contributed by atoms with Crippen LogP contribution in [0.4, 0.5) is 0 Å². The Kier molecular flexibility index (Phi) is 4.03. The maximum Gasteiger partial charge on any atom is 0.312 e. The van der Waals surface area contributed by atoms with E-state index in [9.17, 15) is 18.3 Å². The quantitative estimate of drug-likeness (QED) is 0.844. The Morgan fingerprint density at radius 1 is 1.39 bits per heavy atom. The van der Waals surface area contributed by atoms with Crippen LogP contribution < -0.4 is 0 Å². The standard InChI is InChI=1S/C14H21N3O4S2/c1-9-12(15-10(2)22-9)6-16-4-11-5-17(23(3,20)21)8-14(11,7-16)13(18)19/h11H,4-8H2,1-3H3,(H,18,19)/t11-,14-/m1/s1. The Bertz CT molecular complexity index is 745. The number of nitrogens with zero attached hydrogens (tertiary/aromatic N) is 3. The fraction of sp³-hybridized carbons (Fsp3) is 0.714. The molecule has 9 heteroatoms. The van der Waals surface area contributed by atoms with E-state index in [0.717, 1.165) is 21.8 Å². The van der Waals surface area contributed by atoms with Gasteiger partial charge in [-0.25, -0.2) is 17.7 Å². The molecular formula is C14H21N3O4S2. The molecule has 2 aliphatic rings. The van der Waals surface area contributed by atoms with E-state index in [1.54, 1.807) is 11.3 Å². The van der Waals surface area contributed by atoms with Gasteiger partial charge >= 0.3 is 5.97 Å². The SMILES string of the molecule is Cc1nc(CN2C[C@@H]3CN(S(C)(=O)=O)C[C@]3(C(=O)O)C2)c(C)s1. The molecule has 3 rings (SSSR count). The summed E-state index contributed by atoms with van der Waals surface area (Å²) in [7, 11) is -3.36. The van der Waals surface area contributed by atoms with Crippen molar-refractivity contribution in [2.24, 2.45) is 11.3 Å². The van der Waals surface area contributed by atoms with Gasteiger partial charge in [0.2, 0.25) is 10.0 Å². The van der Waals surface area contributed by atoms with Gasteiger partial charge in [0.15, 0.2) is 0 Å². The molecule has 0 spiro atoms. The summed E-state index contributed by atoms with van der Waals surface area (Å²) >= 11 is 1.64. The van der Waals surface area contributed by atoms with E-state index < -0.39 is 21.4 Å². The normalized spacial score (nSPS) is 29.1. The molecular weight excluding hydrogens is 338 g/mol. The number of rotatable bonds is 4. The first-order valence-corrected chi connectivity index (χ1v) is 10.1. The summed E-state index contributed by atoms with van der Waals surface area (Å²) in [5.74, 6) is -1.07. The van der Waals surface area contributed by atoms with Crippen molar-refractivity contribution >= 4 is 27.3 Å². The second-order valence-corrected chi connectivity index (χ2v) is 10.0. The fourth-order valence-corrected chi connectivity index (χ4v) is 5.47. The lowest BCUT2D eigenvalue weighted by atomic mass is 9.81. The van der Waals surface area contributed by atoms with Crippen molar-refractivity contribution in [3.05, 3.63) is 15.6 Å². The van der Waals surface area contributed by atoms with Crippen LogP contribution in [0.5, 0.6) is 0 Å². The second kappa shape index (κ2) is 5.51. The summed E-state index contributed by atoms with van der Waals surface area (Å²) in [5.41, 5.74) is -0.00446. The van der Waals surface area contributed by atoms with E-state index in [0.29, 0.717) is 19.6 Å². The van der Waals surface area contributed by atoms with Crippen molar-refractivity contribution in [3.8, 4) is 0 Å². The molecule has 0 unspecified atom stereocenters. The molecule has 0 saturated carbocycles. The lowest BCUT2D eigenvalue weighted by molar-refractivity contribution is -0.148. The van der Waals surface area contributed by atoms with Gasteiger partial charge in [-0.3, -0.25) is 9.69 Å². The second-order valence-electron chi connectivity index (χ2n) is 6.62. The highest BCUT2D eigenvalue weighted by molar-refractivity contribution is 7.88. The molecule has 128 valence electrons. The van der Waals surface area contributed by atoms with Crippen molar-refractivity contribution in [1.29, 1.82) is 0 Å². The van der Waals surface area contributed by atoms with Gasteiger partial charge in [0.1, 0.15) is 0 Å². The van der Waals surface area contributed by atoms with Crippen LogP contribution >= 0.6 is 11.3 Å². The molecule has 23 heavy (non-hydrogen) atoms. The molecule has 2 saturated heterocycles. The summed E-state index contributed by atoms with van der Waals surface area (Å²) in [6, 6.07) is 0. The Labute approximate surface area is 140 Å². The highest BCUT2D eigenvalue weighted by atomic mass is 32.2. The third-order valence-electron chi connectivity index (χ3n) is 4.92. The van der Waals surface area contributed by atoms with Crippen LogP contribution in [0.25, 0.3) is 0 Å². The molecule has 7 nitrogen and oxygen atoms in total. The molecule has 1 aromatic rings. The van der Waals surface area contributed by atoms with Crippen LogP contribution in [0, 0.1) is 25.2 Å². The molecule has 2 fully saturated rings. The molecule has 0 aliphatic carbocycles. The summed E-state index contributed by atoms with van der Waals surface area (Å²) in [6.07, 6.45) is 1.14. The van der Waals surface area contributed by atoms with E-state index in [2.05, 4.69) is 9.88 Å². The van der Waals surface area contributed by atoms with Gasteiger partial charge in [-0.1, -0.05) is 0 Å². The number of aliphatic carboxylic acids is 1. The van der Waals surface area contributed by atoms with E-state index in [4.69, 9.17) is 0 Å². The van der Waals surface area contributed by atoms with Gasteiger partial charge in [-0.2, -0.15) is 0 Å².